The van der Waals surface area contributed by atoms with Crippen LogP contribution in [-0.4, -0.2) is 4.98 Å². The predicted molar refractivity (Wildman–Crippen MR) is 57.7 cm³/mol. The molecule has 1 heterocycles. The van der Waals surface area contributed by atoms with Crippen LogP contribution in [0.4, 0.5) is 0 Å². The largest absolute Gasteiger partial charge is 0.355 e. The molecule has 0 aliphatic rings. The molecule has 0 unspecified atom stereocenters. The van der Waals surface area contributed by atoms with Crippen LogP contribution in [0, 0.1) is 6.92 Å². The van der Waals surface area contributed by atoms with E-state index < -0.39 is 0 Å². The summed E-state index contributed by atoms with van der Waals surface area (Å²) >= 11 is 0. The topological polar surface area (TPSA) is 15.8 Å². The Balaban J connectivity index is 2.73. The fourth-order valence-corrected chi connectivity index (χ4v) is 1.64. The Morgan fingerprint density at radius 1 is 1.23 bits per heavy atom. The summed E-state index contributed by atoms with van der Waals surface area (Å²) < 4.78 is 0. The maximum Gasteiger partial charge on any atom is 0.0461 e. The van der Waals surface area contributed by atoms with Gasteiger partial charge in [0.15, 0.2) is 0 Å². The van der Waals surface area contributed by atoms with E-state index in [9.17, 15) is 0 Å². The molecule has 0 atom stereocenters. The Hall–Kier alpha value is -1.50. The molecule has 0 saturated carbocycles. The molecule has 0 radical (unpaired) electrons. The van der Waals surface area contributed by atoms with Crippen LogP contribution in [0.3, 0.4) is 0 Å². The van der Waals surface area contributed by atoms with Gasteiger partial charge in [0.25, 0.3) is 0 Å². The summed E-state index contributed by atoms with van der Waals surface area (Å²) in [6.45, 7) is 4.18. The normalized spacial score (nSPS) is 11.5. The van der Waals surface area contributed by atoms with Gasteiger partial charge in [0.05, 0.1) is 0 Å². The van der Waals surface area contributed by atoms with E-state index in [0.29, 0.717) is 0 Å². The van der Waals surface area contributed by atoms with Crippen molar-refractivity contribution >= 4 is 17.0 Å². The predicted octanol–water partition coefficient (Wildman–Crippen LogP) is 3.51. The average molecular weight is 171 g/mol. The molecule has 0 aliphatic heterocycles. The lowest BCUT2D eigenvalue weighted by molar-refractivity contribution is 1.37. The minimum Gasteiger partial charge on any atom is -0.355 e. The van der Waals surface area contributed by atoms with Crippen molar-refractivity contribution in [2.45, 2.75) is 13.8 Å². The number of H-pyrrole nitrogens is 1. The maximum atomic E-state index is 3.38. The zero-order valence-electron chi connectivity index (χ0n) is 7.96. The van der Waals surface area contributed by atoms with Crippen molar-refractivity contribution in [3.63, 3.8) is 0 Å². The number of para-hydroxylation sites is 1. The van der Waals surface area contributed by atoms with Gasteiger partial charge in [0.1, 0.15) is 0 Å². The van der Waals surface area contributed by atoms with Gasteiger partial charge >= 0.3 is 0 Å². The molecule has 2 rings (SSSR count). The summed E-state index contributed by atoms with van der Waals surface area (Å²) in [6.07, 6.45) is 4.16. The number of aromatic nitrogens is 1. The van der Waals surface area contributed by atoms with Crippen LogP contribution in [0.1, 0.15) is 18.2 Å². The van der Waals surface area contributed by atoms with Crippen LogP contribution in [0.5, 0.6) is 0 Å². The van der Waals surface area contributed by atoms with Gasteiger partial charge in [-0.25, -0.2) is 0 Å². The molecule has 0 spiro atoms. The van der Waals surface area contributed by atoms with E-state index in [-0.39, 0.29) is 0 Å². The first-order chi connectivity index (χ1) is 6.33. The van der Waals surface area contributed by atoms with Gasteiger partial charge in [-0.05, 0) is 31.6 Å². The second kappa shape index (κ2) is 3.09. The maximum absolute atomic E-state index is 3.38. The lowest BCUT2D eigenvalue weighted by atomic mass is 10.1. The molecule has 1 aromatic heterocycles. The number of benzene rings is 1. The van der Waals surface area contributed by atoms with Crippen LogP contribution < -0.4 is 0 Å². The Morgan fingerprint density at radius 3 is 2.69 bits per heavy atom. The second-order valence-corrected chi connectivity index (χ2v) is 3.21. The number of hydrogen-bond donors (Lipinski definition) is 1. The molecular formula is C12H13N. The van der Waals surface area contributed by atoms with Crippen LogP contribution >= 0.6 is 0 Å². The number of rotatable bonds is 1. The summed E-state index contributed by atoms with van der Waals surface area (Å²) in [5.74, 6) is 0. The summed E-state index contributed by atoms with van der Waals surface area (Å²) in [5.41, 5.74) is 3.76. The zero-order valence-corrected chi connectivity index (χ0v) is 7.96. The van der Waals surface area contributed by atoms with Crippen molar-refractivity contribution < 1.29 is 0 Å². The number of aromatic amines is 1. The lowest BCUT2D eigenvalue weighted by Crippen LogP contribution is -1.72. The molecular weight excluding hydrogens is 158 g/mol. The van der Waals surface area contributed by atoms with Crippen molar-refractivity contribution in [2.24, 2.45) is 0 Å². The molecule has 0 bridgehead atoms. The standard InChI is InChI=1S/C12H13N/c1-3-6-11-9(2)10-7-4-5-8-12(10)13-11/h3-8,13H,1-2H3/b6-3-. The molecule has 1 nitrogen and oxygen atoms in total. The fourth-order valence-electron chi connectivity index (χ4n) is 1.64. The number of fused-ring (bicyclic) bond motifs is 1. The van der Waals surface area contributed by atoms with Crippen molar-refractivity contribution in [1.29, 1.82) is 0 Å². The van der Waals surface area contributed by atoms with Gasteiger partial charge in [-0.3, -0.25) is 0 Å². The highest BCUT2D eigenvalue weighted by Crippen LogP contribution is 2.21. The first kappa shape index (κ1) is 8.11. The van der Waals surface area contributed by atoms with E-state index in [4.69, 9.17) is 0 Å². The van der Waals surface area contributed by atoms with Gasteiger partial charge < -0.3 is 4.98 Å². The summed E-state index contributed by atoms with van der Waals surface area (Å²) in [4.78, 5) is 3.38. The van der Waals surface area contributed by atoms with Crippen LogP contribution in [-0.2, 0) is 0 Å². The minimum atomic E-state index is 1.21. The van der Waals surface area contributed by atoms with Crippen molar-refractivity contribution in [2.75, 3.05) is 0 Å². The molecule has 0 aliphatic carbocycles. The van der Waals surface area contributed by atoms with Crippen LogP contribution in [0.25, 0.3) is 17.0 Å². The Labute approximate surface area is 78.1 Å². The number of aryl methyl sites for hydroxylation is 1. The van der Waals surface area contributed by atoms with Gasteiger partial charge in [-0.2, -0.15) is 0 Å². The Kier molecular flexibility index (Phi) is 1.93. The van der Waals surface area contributed by atoms with Gasteiger partial charge in [0, 0.05) is 16.6 Å². The Morgan fingerprint density at radius 2 is 2.00 bits per heavy atom. The Bertz CT molecular complexity index is 449. The van der Waals surface area contributed by atoms with Crippen LogP contribution in [0.2, 0.25) is 0 Å². The third-order valence-corrected chi connectivity index (χ3v) is 2.34. The van der Waals surface area contributed by atoms with Gasteiger partial charge in [0.2, 0.25) is 0 Å². The molecule has 66 valence electrons. The lowest BCUT2D eigenvalue weighted by Gasteiger charge is -1.89. The number of hydrogen-bond acceptors (Lipinski definition) is 0. The molecule has 13 heavy (non-hydrogen) atoms. The van der Waals surface area contributed by atoms with E-state index in [0.717, 1.165) is 0 Å². The SMILES string of the molecule is C/C=C\c1[nH]c2ccccc2c1C. The molecule has 0 amide bonds. The van der Waals surface area contributed by atoms with Gasteiger partial charge in [-0.1, -0.05) is 24.3 Å². The first-order valence-electron chi connectivity index (χ1n) is 4.53. The van der Waals surface area contributed by atoms with E-state index in [2.05, 4.69) is 48.3 Å². The first-order valence-corrected chi connectivity index (χ1v) is 4.53. The molecule has 1 N–H and O–H groups in total. The summed E-state index contributed by atoms with van der Waals surface area (Å²) in [7, 11) is 0. The monoisotopic (exact) mass is 171 g/mol. The van der Waals surface area contributed by atoms with Gasteiger partial charge in [-0.15, -0.1) is 0 Å². The highest BCUT2D eigenvalue weighted by atomic mass is 14.7. The van der Waals surface area contributed by atoms with E-state index in [1.54, 1.807) is 0 Å². The summed E-state index contributed by atoms with van der Waals surface area (Å²) in [5, 5.41) is 1.32. The van der Waals surface area contributed by atoms with Crippen LogP contribution in [0.15, 0.2) is 30.3 Å². The molecule has 2 aromatic rings. The van der Waals surface area contributed by atoms with E-state index >= 15 is 0 Å². The highest BCUT2D eigenvalue weighted by Gasteiger charge is 2.02. The van der Waals surface area contributed by atoms with E-state index in [1.165, 1.54) is 22.2 Å². The second-order valence-electron chi connectivity index (χ2n) is 3.21. The average Bonchev–Trinajstić information content (AvgIpc) is 2.46. The number of nitrogens with one attached hydrogen (secondary N) is 1. The molecule has 1 heteroatoms. The third kappa shape index (κ3) is 1.26. The van der Waals surface area contributed by atoms with Crippen molar-refractivity contribution in [3.8, 4) is 0 Å². The quantitative estimate of drug-likeness (QED) is 0.675. The highest BCUT2D eigenvalue weighted by molar-refractivity contribution is 5.86. The smallest absolute Gasteiger partial charge is 0.0461 e. The summed E-state index contributed by atoms with van der Waals surface area (Å²) in [6, 6.07) is 8.38. The molecule has 0 fully saturated rings. The zero-order chi connectivity index (χ0) is 9.26. The number of allylic oxidation sites excluding steroid dienone is 1. The fraction of sp³-hybridized carbons (Fsp3) is 0.167. The van der Waals surface area contributed by atoms with E-state index in [1.807, 2.05) is 6.92 Å². The molecule has 0 saturated heterocycles. The third-order valence-electron chi connectivity index (χ3n) is 2.34. The minimum absolute atomic E-state index is 1.21. The van der Waals surface area contributed by atoms with Crippen molar-refractivity contribution in [3.05, 3.63) is 41.6 Å². The molecule has 1 aromatic carbocycles. The van der Waals surface area contributed by atoms with Crippen molar-refractivity contribution in [1.82, 2.24) is 4.98 Å².